The van der Waals surface area contributed by atoms with E-state index in [4.69, 9.17) is 4.74 Å². The van der Waals surface area contributed by atoms with E-state index >= 15 is 0 Å². The number of carbonyl (C=O) groups is 1. The van der Waals surface area contributed by atoms with Crippen LogP contribution in [0.25, 0.3) is 10.2 Å². The molecule has 2 aromatic heterocycles. The smallest absolute Gasteiger partial charge is 0.416 e. The lowest BCUT2D eigenvalue weighted by atomic mass is 10.1. The largest absolute Gasteiger partial charge is 0.491 e. The Morgan fingerprint density at radius 2 is 2.11 bits per heavy atom. The van der Waals surface area contributed by atoms with Crippen LogP contribution in [0.5, 0.6) is 5.75 Å². The molecule has 1 aromatic carbocycles. The average Bonchev–Trinajstić information content (AvgIpc) is 3.11. The molecule has 0 spiro atoms. The van der Waals surface area contributed by atoms with Gasteiger partial charge in [0.1, 0.15) is 17.1 Å². The number of rotatable bonds is 6. The highest BCUT2D eigenvalue weighted by Gasteiger charge is 2.31. The maximum atomic E-state index is 13.0. The first-order valence-electron chi connectivity index (χ1n) is 8.36. The minimum absolute atomic E-state index is 0.106. The zero-order valence-electron chi connectivity index (χ0n) is 14.7. The van der Waals surface area contributed by atoms with Gasteiger partial charge >= 0.3 is 6.18 Å². The summed E-state index contributed by atoms with van der Waals surface area (Å²) >= 11 is 1.30. The molecule has 2 heterocycles. The topological polar surface area (TPSA) is 73.2 Å². The van der Waals surface area contributed by atoms with Crippen molar-refractivity contribution in [2.75, 3.05) is 11.9 Å². The number of anilines is 1. The molecule has 0 fully saturated rings. The van der Waals surface area contributed by atoms with E-state index in [1.165, 1.54) is 23.7 Å². The molecule has 148 valence electrons. The summed E-state index contributed by atoms with van der Waals surface area (Å²) in [5.74, 6) is -0.541. The summed E-state index contributed by atoms with van der Waals surface area (Å²) in [6, 6.07) is 4.47. The summed E-state index contributed by atoms with van der Waals surface area (Å²) in [6.45, 7) is 1.75. The van der Waals surface area contributed by atoms with Gasteiger partial charge in [-0.2, -0.15) is 13.2 Å². The third-order valence-electron chi connectivity index (χ3n) is 3.81. The fraction of sp³-hybridized carbons (Fsp3) is 0.278. The number of fused-ring (bicyclic) bond motifs is 1. The van der Waals surface area contributed by atoms with Gasteiger partial charge in [0.2, 0.25) is 5.91 Å². The van der Waals surface area contributed by atoms with Crippen LogP contribution in [0.1, 0.15) is 18.9 Å². The van der Waals surface area contributed by atoms with Crippen molar-refractivity contribution in [3.8, 4) is 5.75 Å². The molecule has 0 bridgehead atoms. The molecule has 10 heteroatoms. The van der Waals surface area contributed by atoms with Crippen molar-refractivity contribution < 1.29 is 22.7 Å². The van der Waals surface area contributed by atoms with E-state index in [1.54, 1.807) is 11.4 Å². The quantitative estimate of drug-likeness (QED) is 0.668. The lowest BCUT2D eigenvalue weighted by molar-refractivity contribution is -0.137. The van der Waals surface area contributed by atoms with Crippen molar-refractivity contribution in [3.05, 3.63) is 51.9 Å². The first kappa shape index (κ1) is 19.9. The number of aromatic nitrogens is 2. The number of carbonyl (C=O) groups excluding carboxylic acids is 1. The number of thiophene rings is 1. The lowest BCUT2D eigenvalue weighted by Gasteiger charge is -2.15. The summed E-state index contributed by atoms with van der Waals surface area (Å²) in [7, 11) is 0. The van der Waals surface area contributed by atoms with Gasteiger partial charge in [-0.25, -0.2) is 4.98 Å². The molecular formula is C18H16F3N3O3S. The third-order valence-corrected chi connectivity index (χ3v) is 4.63. The van der Waals surface area contributed by atoms with Crippen LogP contribution in [0.4, 0.5) is 18.9 Å². The molecule has 28 heavy (non-hydrogen) atoms. The van der Waals surface area contributed by atoms with E-state index in [0.29, 0.717) is 16.6 Å². The van der Waals surface area contributed by atoms with Gasteiger partial charge in [-0.3, -0.25) is 14.2 Å². The van der Waals surface area contributed by atoms with Crippen molar-refractivity contribution in [3.63, 3.8) is 0 Å². The number of amides is 1. The number of nitrogens with one attached hydrogen (secondary N) is 1. The lowest BCUT2D eigenvalue weighted by Crippen LogP contribution is -2.27. The number of halogens is 3. The molecular weight excluding hydrogens is 395 g/mol. The predicted molar refractivity (Wildman–Crippen MR) is 99.7 cm³/mol. The fourth-order valence-corrected chi connectivity index (χ4v) is 3.22. The Balaban J connectivity index is 1.84. The summed E-state index contributed by atoms with van der Waals surface area (Å²) in [4.78, 5) is 29.4. The van der Waals surface area contributed by atoms with Crippen molar-refractivity contribution >= 4 is 33.1 Å². The number of benzene rings is 1. The zero-order valence-corrected chi connectivity index (χ0v) is 15.6. The van der Waals surface area contributed by atoms with E-state index in [1.807, 2.05) is 6.92 Å². The van der Waals surface area contributed by atoms with Crippen molar-refractivity contribution in [2.45, 2.75) is 26.1 Å². The molecule has 3 aromatic rings. The molecule has 0 saturated heterocycles. The second-order valence-electron chi connectivity index (χ2n) is 5.92. The molecule has 3 rings (SSSR count). The number of hydrogen-bond acceptors (Lipinski definition) is 5. The summed E-state index contributed by atoms with van der Waals surface area (Å²) in [6.07, 6.45) is -2.68. The minimum atomic E-state index is -4.56. The summed E-state index contributed by atoms with van der Waals surface area (Å²) < 4.78 is 45.5. The Hall–Kier alpha value is -2.88. The summed E-state index contributed by atoms with van der Waals surface area (Å²) in [5.41, 5.74) is -1.41. The van der Waals surface area contributed by atoms with Gasteiger partial charge in [0.25, 0.3) is 5.56 Å². The van der Waals surface area contributed by atoms with Crippen LogP contribution in [0.2, 0.25) is 0 Å². The maximum absolute atomic E-state index is 13.0. The minimum Gasteiger partial charge on any atom is -0.491 e. The number of hydrogen-bond donors (Lipinski definition) is 1. The highest BCUT2D eigenvalue weighted by molar-refractivity contribution is 7.16. The molecule has 0 atom stereocenters. The molecule has 0 unspecified atom stereocenters. The van der Waals surface area contributed by atoms with Gasteiger partial charge in [0, 0.05) is 0 Å². The van der Waals surface area contributed by atoms with Crippen molar-refractivity contribution in [1.29, 1.82) is 0 Å². The van der Waals surface area contributed by atoms with E-state index in [2.05, 4.69) is 10.3 Å². The van der Waals surface area contributed by atoms with Crippen molar-refractivity contribution in [2.24, 2.45) is 0 Å². The van der Waals surface area contributed by atoms with E-state index < -0.39 is 23.2 Å². The first-order chi connectivity index (χ1) is 13.3. The van der Waals surface area contributed by atoms with Crippen LogP contribution in [0, 0.1) is 0 Å². The van der Waals surface area contributed by atoms with Crippen LogP contribution in [0.3, 0.4) is 0 Å². The highest BCUT2D eigenvalue weighted by atomic mass is 32.1. The van der Waals surface area contributed by atoms with Crippen LogP contribution in [0.15, 0.2) is 40.8 Å². The van der Waals surface area contributed by atoms with Crippen LogP contribution in [-0.4, -0.2) is 22.1 Å². The molecule has 1 amide bonds. The highest BCUT2D eigenvalue weighted by Crippen LogP contribution is 2.35. The number of alkyl halides is 3. The van der Waals surface area contributed by atoms with Gasteiger partial charge in [-0.1, -0.05) is 6.92 Å². The Morgan fingerprint density at radius 1 is 1.32 bits per heavy atom. The van der Waals surface area contributed by atoms with E-state index in [9.17, 15) is 22.8 Å². The Bertz CT molecular complexity index is 1060. The zero-order chi connectivity index (χ0) is 20.3. The molecule has 0 radical (unpaired) electrons. The van der Waals surface area contributed by atoms with Gasteiger partial charge in [0.05, 0.1) is 29.6 Å². The Labute approximate surface area is 161 Å². The maximum Gasteiger partial charge on any atom is 0.416 e. The Morgan fingerprint density at radius 3 is 2.82 bits per heavy atom. The average molecular weight is 411 g/mol. The van der Waals surface area contributed by atoms with E-state index in [-0.39, 0.29) is 24.6 Å². The molecule has 0 saturated carbocycles. The predicted octanol–water partition coefficient (Wildman–Crippen LogP) is 3.90. The monoisotopic (exact) mass is 411 g/mol. The van der Waals surface area contributed by atoms with Gasteiger partial charge in [-0.05, 0) is 36.1 Å². The summed E-state index contributed by atoms with van der Waals surface area (Å²) in [5, 5.41) is 4.49. The molecule has 0 aliphatic rings. The molecule has 6 nitrogen and oxygen atoms in total. The fourth-order valence-electron chi connectivity index (χ4n) is 2.49. The number of ether oxygens (including phenoxy) is 1. The second-order valence-corrected chi connectivity index (χ2v) is 6.82. The third kappa shape index (κ3) is 4.33. The Kier molecular flexibility index (Phi) is 5.68. The number of nitrogens with zero attached hydrogens (tertiary/aromatic N) is 2. The standard InChI is InChI=1S/C18H16F3N3O3S/c1-2-6-27-14-4-3-11(18(19,20)21)8-13(14)23-15(25)9-24-10-22-16-12(17(24)26)5-7-28-16/h3-5,7-8,10H,2,6,9H2,1H3,(H,23,25). The van der Waals surface area contributed by atoms with Crippen LogP contribution in [-0.2, 0) is 17.5 Å². The van der Waals surface area contributed by atoms with Crippen LogP contribution < -0.4 is 15.6 Å². The van der Waals surface area contributed by atoms with Crippen LogP contribution >= 0.6 is 11.3 Å². The van der Waals surface area contributed by atoms with Gasteiger partial charge < -0.3 is 10.1 Å². The molecule has 0 aliphatic heterocycles. The van der Waals surface area contributed by atoms with Crippen molar-refractivity contribution in [1.82, 2.24) is 9.55 Å². The van der Waals surface area contributed by atoms with Gasteiger partial charge in [0.15, 0.2) is 0 Å². The van der Waals surface area contributed by atoms with E-state index in [0.717, 1.165) is 16.7 Å². The normalized spacial score (nSPS) is 11.6. The second kappa shape index (κ2) is 8.01. The molecule has 0 aliphatic carbocycles. The molecule has 1 N–H and O–H groups in total. The SMILES string of the molecule is CCCOc1ccc(C(F)(F)F)cc1NC(=O)Cn1cnc2sccc2c1=O. The first-order valence-corrected chi connectivity index (χ1v) is 9.24. The van der Waals surface area contributed by atoms with Gasteiger partial charge in [-0.15, -0.1) is 11.3 Å².